The fourth-order valence-electron chi connectivity index (χ4n) is 2.55. The predicted octanol–water partition coefficient (Wildman–Crippen LogP) is -0.130. The van der Waals surface area contributed by atoms with Gasteiger partial charge in [0.1, 0.15) is 0 Å². The third-order valence-corrected chi connectivity index (χ3v) is 4.45. The van der Waals surface area contributed by atoms with E-state index in [0.717, 1.165) is 6.07 Å². The Balaban J connectivity index is 2.46. The molecule has 0 saturated heterocycles. The standard InChI is InChI=1S/C12H12N4O6S/c13-23(21,22)8-3-1-2-5-9(8)7(16(19)20)4-6-10(5)15-12(18)11(17)14-6/h1-4,11-12,14-15,17-18H,(H2,13,21,22). The normalized spacial score (nSPS) is 20.5. The molecular weight excluding hydrogens is 328 g/mol. The smallest absolute Gasteiger partial charge is 0.280 e. The Bertz CT molecular complexity index is 929. The summed E-state index contributed by atoms with van der Waals surface area (Å²) < 4.78 is 23.5. The van der Waals surface area contributed by atoms with E-state index in [2.05, 4.69) is 10.6 Å². The molecule has 2 atom stereocenters. The van der Waals surface area contributed by atoms with Gasteiger partial charge in [0.15, 0.2) is 12.5 Å². The van der Waals surface area contributed by atoms with E-state index in [9.17, 15) is 28.7 Å². The van der Waals surface area contributed by atoms with Crippen LogP contribution in [0.5, 0.6) is 0 Å². The number of nitrogens with zero attached hydrogens (tertiary/aromatic N) is 1. The highest BCUT2D eigenvalue weighted by atomic mass is 32.2. The number of rotatable bonds is 2. The number of aliphatic hydroxyl groups excluding tert-OH is 2. The molecule has 0 saturated carbocycles. The number of nitro groups is 1. The maximum absolute atomic E-state index is 11.7. The zero-order chi connectivity index (χ0) is 16.9. The second-order valence-corrected chi connectivity index (χ2v) is 6.51. The van der Waals surface area contributed by atoms with Crippen LogP contribution in [0.4, 0.5) is 17.1 Å². The summed E-state index contributed by atoms with van der Waals surface area (Å²) in [4.78, 5) is 10.2. The number of nitrogens with one attached hydrogen (secondary N) is 2. The third-order valence-electron chi connectivity index (χ3n) is 3.50. The van der Waals surface area contributed by atoms with Gasteiger partial charge in [0.05, 0.1) is 26.6 Å². The third kappa shape index (κ3) is 2.45. The second-order valence-electron chi connectivity index (χ2n) is 4.98. The monoisotopic (exact) mass is 340 g/mol. The summed E-state index contributed by atoms with van der Waals surface area (Å²) >= 11 is 0. The van der Waals surface area contributed by atoms with Crippen LogP contribution in [-0.4, -0.2) is 36.0 Å². The molecule has 0 fully saturated rings. The Kier molecular flexibility index (Phi) is 3.37. The van der Waals surface area contributed by atoms with Gasteiger partial charge in [-0.3, -0.25) is 10.1 Å². The maximum Gasteiger partial charge on any atom is 0.280 e. The zero-order valence-corrected chi connectivity index (χ0v) is 12.2. The molecule has 2 unspecified atom stereocenters. The molecule has 23 heavy (non-hydrogen) atoms. The number of primary sulfonamides is 1. The first-order valence-corrected chi connectivity index (χ1v) is 7.91. The van der Waals surface area contributed by atoms with Crippen molar-refractivity contribution in [2.24, 2.45) is 5.14 Å². The topological polar surface area (TPSA) is 168 Å². The van der Waals surface area contributed by atoms with Crippen LogP contribution in [0.3, 0.4) is 0 Å². The lowest BCUT2D eigenvalue weighted by Crippen LogP contribution is -2.42. The summed E-state index contributed by atoms with van der Waals surface area (Å²) in [5.74, 6) is 0. The van der Waals surface area contributed by atoms with Crippen LogP contribution in [0.2, 0.25) is 0 Å². The van der Waals surface area contributed by atoms with Crippen LogP contribution in [-0.2, 0) is 10.0 Å². The Morgan fingerprint density at radius 3 is 2.48 bits per heavy atom. The Labute approximate surface area is 129 Å². The van der Waals surface area contributed by atoms with Gasteiger partial charge in [-0.15, -0.1) is 0 Å². The van der Waals surface area contributed by atoms with Gasteiger partial charge < -0.3 is 20.8 Å². The highest BCUT2D eigenvalue weighted by molar-refractivity contribution is 7.89. The first-order chi connectivity index (χ1) is 10.7. The number of anilines is 2. The molecule has 122 valence electrons. The molecule has 0 spiro atoms. The first-order valence-electron chi connectivity index (χ1n) is 6.36. The van der Waals surface area contributed by atoms with Gasteiger partial charge >= 0.3 is 0 Å². The van der Waals surface area contributed by atoms with Crippen molar-refractivity contribution in [2.75, 3.05) is 10.6 Å². The molecular formula is C12H12N4O6S. The molecule has 3 rings (SSSR count). The Morgan fingerprint density at radius 1 is 1.22 bits per heavy atom. The molecule has 1 heterocycles. The minimum Gasteiger partial charge on any atom is -0.369 e. The summed E-state index contributed by atoms with van der Waals surface area (Å²) in [5.41, 5.74) is -0.0938. The maximum atomic E-state index is 11.7. The molecule has 2 aromatic carbocycles. The Morgan fingerprint density at radius 2 is 1.87 bits per heavy atom. The summed E-state index contributed by atoms with van der Waals surface area (Å²) in [7, 11) is -4.20. The summed E-state index contributed by atoms with van der Waals surface area (Å²) in [6.45, 7) is 0. The molecule has 2 aromatic rings. The minimum absolute atomic E-state index is 0.161. The number of non-ortho nitro benzene ring substituents is 1. The fraction of sp³-hybridized carbons (Fsp3) is 0.167. The van der Waals surface area contributed by atoms with Crippen molar-refractivity contribution in [1.29, 1.82) is 0 Å². The number of hydrogen-bond donors (Lipinski definition) is 5. The SMILES string of the molecule is NS(=O)(=O)c1cccc2c3c(cc([N+](=O)[O-])c12)NC(O)C(O)N3. The van der Waals surface area contributed by atoms with Crippen molar-refractivity contribution in [3.05, 3.63) is 34.4 Å². The molecule has 1 aliphatic rings. The van der Waals surface area contributed by atoms with Gasteiger partial charge in [-0.1, -0.05) is 12.1 Å². The predicted molar refractivity (Wildman–Crippen MR) is 81.2 cm³/mol. The molecule has 0 radical (unpaired) electrons. The van der Waals surface area contributed by atoms with Crippen molar-refractivity contribution in [3.8, 4) is 0 Å². The van der Waals surface area contributed by atoms with Crippen molar-refractivity contribution >= 4 is 37.9 Å². The second kappa shape index (κ2) is 5.03. The van der Waals surface area contributed by atoms with E-state index < -0.39 is 38.0 Å². The molecule has 0 bridgehead atoms. The van der Waals surface area contributed by atoms with Gasteiger partial charge in [0, 0.05) is 11.5 Å². The van der Waals surface area contributed by atoms with E-state index in [1.165, 1.54) is 18.2 Å². The van der Waals surface area contributed by atoms with Crippen LogP contribution in [0.1, 0.15) is 0 Å². The average Bonchev–Trinajstić information content (AvgIpc) is 2.46. The van der Waals surface area contributed by atoms with Crippen molar-refractivity contribution in [3.63, 3.8) is 0 Å². The van der Waals surface area contributed by atoms with Gasteiger partial charge in [0.2, 0.25) is 10.0 Å². The van der Waals surface area contributed by atoms with E-state index in [1.807, 2.05) is 0 Å². The van der Waals surface area contributed by atoms with E-state index in [0.29, 0.717) is 0 Å². The van der Waals surface area contributed by atoms with Crippen LogP contribution in [0, 0.1) is 10.1 Å². The lowest BCUT2D eigenvalue weighted by molar-refractivity contribution is -0.383. The molecule has 1 aliphatic heterocycles. The van der Waals surface area contributed by atoms with Gasteiger partial charge in [-0.25, -0.2) is 13.6 Å². The van der Waals surface area contributed by atoms with E-state index in [4.69, 9.17) is 5.14 Å². The number of nitro benzene ring substituents is 1. The lowest BCUT2D eigenvalue weighted by Gasteiger charge is -2.30. The van der Waals surface area contributed by atoms with E-state index >= 15 is 0 Å². The van der Waals surface area contributed by atoms with Gasteiger partial charge in [0.25, 0.3) is 5.69 Å². The molecule has 0 aromatic heterocycles. The minimum atomic E-state index is -4.20. The molecule has 0 aliphatic carbocycles. The van der Waals surface area contributed by atoms with Crippen molar-refractivity contribution < 1.29 is 23.6 Å². The quantitative estimate of drug-likeness (QED) is 0.372. The van der Waals surface area contributed by atoms with Crippen LogP contribution < -0.4 is 15.8 Å². The largest absolute Gasteiger partial charge is 0.369 e. The highest BCUT2D eigenvalue weighted by Crippen LogP contribution is 2.42. The fourth-order valence-corrected chi connectivity index (χ4v) is 3.31. The number of sulfonamides is 1. The molecule has 6 N–H and O–H groups in total. The Hall–Kier alpha value is -2.47. The first kappa shape index (κ1) is 15.4. The average molecular weight is 340 g/mol. The van der Waals surface area contributed by atoms with Crippen molar-refractivity contribution in [2.45, 2.75) is 17.4 Å². The van der Waals surface area contributed by atoms with Crippen LogP contribution >= 0.6 is 0 Å². The number of hydrogen-bond acceptors (Lipinski definition) is 8. The molecule has 0 amide bonds. The molecule has 11 heteroatoms. The van der Waals surface area contributed by atoms with Gasteiger partial charge in [-0.05, 0) is 6.07 Å². The number of fused-ring (bicyclic) bond motifs is 3. The van der Waals surface area contributed by atoms with Crippen molar-refractivity contribution in [1.82, 2.24) is 0 Å². The zero-order valence-electron chi connectivity index (χ0n) is 11.4. The molecule has 10 nitrogen and oxygen atoms in total. The van der Waals surface area contributed by atoms with E-state index in [-0.39, 0.29) is 22.1 Å². The number of aliphatic hydroxyl groups is 2. The van der Waals surface area contributed by atoms with Crippen LogP contribution in [0.15, 0.2) is 29.2 Å². The number of nitrogens with two attached hydrogens (primary N) is 1. The van der Waals surface area contributed by atoms with E-state index in [1.54, 1.807) is 0 Å². The summed E-state index contributed by atoms with van der Waals surface area (Å²) in [6.07, 6.45) is -2.74. The van der Waals surface area contributed by atoms with Gasteiger partial charge in [-0.2, -0.15) is 0 Å². The van der Waals surface area contributed by atoms with Crippen LogP contribution in [0.25, 0.3) is 10.8 Å². The summed E-state index contributed by atoms with van der Waals surface area (Å²) in [6, 6.07) is 5.08. The summed E-state index contributed by atoms with van der Waals surface area (Å²) in [5, 5.41) is 40.9. The number of benzene rings is 2. The highest BCUT2D eigenvalue weighted by Gasteiger charge is 2.30. The lowest BCUT2D eigenvalue weighted by atomic mass is 10.0.